The Morgan fingerprint density at radius 1 is 1.27 bits per heavy atom. The molecule has 82 valence electrons. The highest BCUT2D eigenvalue weighted by Gasteiger charge is 2.03. The predicted octanol–water partition coefficient (Wildman–Crippen LogP) is 3.20. The van der Waals surface area contributed by atoms with Gasteiger partial charge in [-0.1, -0.05) is 15.9 Å². The lowest BCUT2D eigenvalue weighted by atomic mass is 10.2. The Labute approximate surface area is 112 Å². The average Bonchev–Trinajstić information content (AvgIpc) is 2.25. The number of benzene rings is 1. The van der Waals surface area contributed by atoms with Crippen LogP contribution in [0.3, 0.4) is 0 Å². The summed E-state index contributed by atoms with van der Waals surface area (Å²) in [7, 11) is 0. The van der Waals surface area contributed by atoms with Crippen LogP contribution < -0.4 is 5.32 Å². The van der Waals surface area contributed by atoms with Crippen LogP contribution in [0.2, 0.25) is 0 Å². The van der Waals surface area contributed by atoms with Crippen molar-refractivity contribution < 1.29 is 4.79 Å². The van der Waals surface area contributed by atoms with Gasteiger partial charge in [0.2, 0.25) is 0 Å². The Hall–Kier alpha value is -0.100. The number of unbranched alkanes of at least 4 members (excludes halogenated alkanes) is 1. The molecule has 0 radical (unpaired) electrons. The van der Waals surface area contributed by atoms with Crippen molar-refractivity contribution in [2.75, 3.05) is 11.9 Å². The summed E-state index contributed by atoms with van der Waals surface area (Å²) in [6.07, 6.45) is 2.11. The molecule has 0 aliphatic rings. The number of alkyl halides is 1. The third-order valence-corrected chi connectivity index (χ3v) is 3.23. The molecular weight excluding hydrogens is 369 g/mol. The SMILES string of the molecule is O=C(NCCCCBr)c1ccc(I)cc1. The molecule has 0 aliphatic heterocycles. The van der Waals surface area contributed by atoms with Crippen LogP contribution in [-0.4, -0.2) is 17.8 Å². The van der Waals surface area contributed by atoms with Crippen LogP contribution in [0.5, 0.6) is 0 Å². The van der Waals surface area contributed by atoms with Gasteiger partial charge in [-0.15, -0.1) is 0 Å². The molecule has 1 amide bonds. The second kappa shape index (κ2) is 7.22. The Morgan fingerprint density at radius 3 is 2.53 bits per heavy atom. The van der Waals surface area contributed by atoms with E-state index in [0.29, 0.717) is 0 Å². The van der Waals surface area contributed by atoms with Crippen LogP contribution >= 0.6 is 38.5 Å². The number of nitrogens with one attached hydrogen (secondary N) is 1. The summed E-state index contributed by atoms with van der Waals surface area (Å²) in [4.78, 5) is 11.6. The lowest BCUT2D eigenvalue weighted by molar-refractivity contribution is 0.0953. The lowest BCUT2D eigenvalue weighted by Gasteiger charge is -2.04. The zero-order valence-electron chi connectivity index (χ0n) is 8.30. The minimum Gasteiger partial charge on any atom is -0.352 e. The van der Waals surface area contributed by atoms with Gasteiger partial charge in [-0.2, -0.15) is 0 Å². The Kier molecular flexibility index (Phi) is 6.24. The van der Waals surface area contributed by atoms with Gasteiger partial charge in [0.1, 0.15) is 0 Å². The zero-order valence-corrected chi connectivity index (χ0v) is 12.0. The molecule has 0 fully saturated rings. The maximum Gasteiger partial charge on any atom is 0.251 e. The fourth-order valence-electron chi connectivity index (χ4n) is 1.12. The Balaban J connectivity index is 2.37. The van der Waals surface area contributed by atoms with E-state index in [1.54, 1.807) is 0 Å². The highest BCUT2D eigenvalue weighted by atomic mass is 127. The van der Waals surface area contributed by atoms with Crippen molar-refractivity contribution in [3.8, 4) is 0 Å². The van der Waals surface area contributed by atoms with Crippen LogP contribution in [0.15, 0.2) is 24.3 Å². The van der Waals surface area contributed by atoms with E-state index in [4.69, 9.17) is 0 Å². The van der Waals surface area contributed by atoms with Crippen molar-refractivity contribution in [1.82, 2.24) is 5.32 Å². The van der Waals surface area contributed by atoms with Crippen molar-refractivity contribution >= 4 is 44.4 Å². The molecule has 0 saturated carbocycles. The molecule has 0 aromatic heterocycles. The van der Waals surface area contributed by atoms with Gasteiger partial charge < -0.3 is 5.32 Å². The van der Waals surface area contributed by atoms with Crippen molar-refractivity contribution in [1.29, 1.82) is 0 Å². The molecule has 4 heteroatoms. The maximum absolute atomic E-state index is 11.6. The first kappa shape index (κ1) is 13.0. The third-order valence-electron chi connectivity index (χ3n) is 1.95. The van der Waals surface area contributed by atoms with Crippen LogP contribution in [0.4, 0.5) is 0 Å². The first-order valence-corrected chi connectivity index (χ1v) is 7.04. The molecule has 0 aliphatic carbocycles. The molecule has 0 spiro atoms. The maximum atomic E-state index is 11.6. The van der Waals surface area contributed by atoms with Gasteiger partial charge in [0.15, 0.2) is 0 Å². The summed E-state index contributed by atoms with van der Waals surface area (Å²) in [6.45, 7) is 0.746. The summed E-state index contributed by atoms with van der Waals surface area (Å²) in [5.41, 5.74) is 0.731. The third kappa shape index (κ3) is 4.97. The molecule has 1 rings (SSSR count). The first-order chi connectivity index (χ1) is 7.24. The Morgan fingerprint density at radius 2 is 1.93 bits per heavy atom. The van der Waals surface area contributed by atoms with Gasteiger partial charge in [0.25, 0.3) is 5.91 Å². The summed E-state index contributed by atoms with van der Waals surface area (Å²) in [5, 5.41) is 3.88. The highest BCUT2D eigenvalue weighted by molar-refractivity contribution is 14.1. The zero-order chi connectivity index (χ0) is 11.1. The van der Waals surface area contributed by atoms with Crippen molar-refractivity contribution in [3.63, 3.8) is 0 Å². The van der Waals surface area contributed by atoms with E-state index in [1.165, 1.54) is 0 Å². The summed E-state index contributed by atoms with van der Waals surface area (Å²) in [6, 6.07) is 7.57. The molecular formula is C11H13BrINO. The van der Waals surface area contributed by atoms with E-state index < -0.39 is 0 Å². The lowest BCUT2D eigenvalue weighted by Crippen LogP contribution is -2.24. The number of halogens is 2. The predicted molar refractivity (Wildman–Crippen MR) is 74.5 cm³/mol. The van der Waals surface area contributed by atoms with Crippen LogP contribution in [0.25, 0.3) is 0 Å². The molecule has 0 heterocycles. The second-order valence-corrected chi connectivity index (χ2v) is 5.20. The van der Waals surface area contributed by atoms with E-state index in [1.807, 2.05) is 24.3 Å². The topological polar surface area (TPSA) is 29.1 Å². The monoisotopic (exact) mass is 381 g/mol. The van der Waals surface area contributed by atoms with Gasteiger partial charge >= 0.3 is 0 Å². The molecule has 15 heavy (non-hydrogen) atoms. The van der Waals surface area contributed by atoms with E-state index in [2.05, 4.69) is 43.8 Å². The van der Waals surface area contributed by atoms with Gasteiger partial charge in [-0.3, -0.25) is 4.79 Å². The highest BCUT2D eigenvalue weighted by Crippen LogP contribution is 2.06. The Bertz CT molecular complexity index is 313. The first-order valence-electron chi connectivity index (χ1n) is 4.84. The molecule has 0 bridgehead atoms. The normalized spacial score (nSPS) is 10.0. The van der Waals surface area contributed by atoms with Crippen LogP contribution in [-0.2, 0) is 0 Å². The fraction of sp³-hybridized carbons (Fsp3) is 0.364. The van der Waals surface area contributed by atoms with E-state index in [9.17, 15) is 4.79 Å². The number of rotatable bonds is 5. The molecule has 0 saturated heterocycles. The second-order valence-electron chi connectivity index (χ2n) is 3.16. The minimum absolute atomic E-state index is 0.0148. The van der Waals surface area contributed by atoms with Crippen LogP contribution in [0, 0.1) is 3.57 Å². The summed E-state index contributed by atoms with van der Waals surface area (Å²) < 4.78 is 1.14. The van der Waals surface area contributed by atoms with Gasteiger partial charge in [-0.05, 0) is 59.7 Å². The van der Waals surface area contributed by atoms with Crippen LogP contribution in [0.1, 0.15) is 23.2 Å². The number of carbonyl (C=O) groups is 1. The number of carbonyl (C=O) groups excluding carboxylic acids is 1. The average molecular weight is 382 g/mol. The number of hydrogen-bond donors (Lipinski definition) is 1. The fourth-order valence-corrected chi connectivity index (χ4v) is 1.88. The number of hydrogen-bond acceptors (Lipinski definition) is 1. The van der Waals surface area contributed by atoms with Crippen molar-refractivity contribution in [2.45, 2.75) is 12.8 Å². The molecule has 0 atom stereocenters. The van der Waals surface area contributed by atoms with E-state index in [0.717, 1.165) is 33.9 Å². The quantitative estimate of drug-likeness (QED) is 0.473. The molecule has 1 aromatic rings. The van der Waals surface area contributed by atoms with E-state index >= 15 is 0 Å². The molecule has 2 nitrogen and oxygen atoms in total. The van der Waals surface area contributed by atoms with Crippen molar-refractivity contribution in [3.05, 3.63) is 33.4 Å². The van der Waals surface area contributed by atoms with Gasteiger partial charge in [0, 0.05) is 21.0 Å². The standard InChI is InChI=1S/C11H13BrINO/c12-7-1-2-8-14-11(15)9-3-5-10(13)6-4-9/h3-6H,1-2,7-8H2,(H,14,15). The number of amides is 1. The largest absolute Gasteiger partial charge is 0.352 e. The van der Waals surface area contributed by atoms with Gasteiger partial charge in [0.05, 0.1) is 0 Å². The van der Waals surface area contributed by atoms with Gasteiger partial charge in [-0.25, -0.2) is 0 Å². The van der Waals surface area contributed by atoms with E-state index in [-0.39, 0.29) is 5.91 Å². The smallest absolute Gasteiger partial charge is 0.251 e. The summed E-state index contributed by atoms with van der Waals surface area (Å²) in [5.74, 6) is 0.0148. The molecule has 0 unspecified atom stereocenters. The van der Waals surface area contributed by atoms with Crippen molar-refractivity contribution in [2.24, 2.45) is 0 Å². The minimum atomic E-state index is 0.0148. The summed E-state index contributed by atoms with van der Waals surface area (Å²) >= 11 is 5.58. The molecule has 1 aromatic carbocycles. The molecule has 1 N–H and O–H groups in total.